The van der Waals surface area contributed by atoms with Crippen LogP contribution in [0.2, 0.25) is 5.28 Å². The zero-order chi connectivity index (χ0) is 15.1. The number of thiophene rings is 1. The third-order valence-electron chi connectivity index (χ3n) is 3.96. The number of morpholine rings is 1. The van der Waals surface area contributed by atoms with Gasteiger partial charge in [0.25, 0.3) is 0 Å². The summed E-state index contributed by atoms with van der Waals surface area (Å²) in [7, 11) is 0. The van der Waals surface area contributed by atoms with Crippen LogP contribution in [-0.4, -0.2) is 48.7 Å². The summed E-state index contributed by atoms with van der Waals surface area (Å²) in [6.07, 6.45) is 1.53. The number of fused-ring (bicyclic) bond motifs is 1. The fourth-order valence-corrected chi connectivity index (χ4v) is 4.21. The molecular formula is C14H15ClN4O2S. The van der Waals surface area contributed by atoms with Crippen molar-refractivity contribution in [2.45, 2.75) is 12.8 Å². The normalized spacial score (nSPS) is 19.4. The molecule has 2 aliphatic rings. The lowest BCUT2D eigenvalue weighted by Gasteiger charge is -2.28. The fraction of sp³-hybridized carbons (Fsp3) is 0.500. The Balaban J connectivity index is 1.79. The lowest BCUT2D eigenvalue weighted by molar-refractivity contribution is -0.117. The summed E-state index contributed by atoms with van der Waals surface area (Å²) in [5, 5.41) is 1.18. The number of carbonyl (C=O) groups excluding carboxylic acids is 1. The van der Waals surface area contributed by atoms with Gasteiger partial charge in [-0.15, -0.1) is 11.3 Å². The maximum atomic E-state index is 11.9. The van der Waals surface area contributed by atoms with Crippen molar-refractivity contribution in [3.8, 4) is 0 Å². The largest absolute Gasteiger partial charge is 0.378 e. The number of halogens is 1. The minimum atomic E-state index is 0.179. The Bertz CT molecular complexity index is 729. The van der Waals surface area contributed by atoms with E-state index in [9.17, 15) is 4.79 Å². The lowest BCUT2D eigenvalue weighted by atomic mass is 10.3. The number of ether oxygens (including phenoxy) is 1. The molecule has 4 rings (SSSR count). The van der Waals surface area contributed by atoms with Crippen LogP contribution in [0.5, 0.6) is 0 Å². The van der Waals surface area contributed by atoms with Crippen molar-refractivity contribution in [3.63, 3.8) is 0 Å². The number of aromatic nitrogens is 2. The van der Waals surface area contributed by atoms with Crippen molar-refractivity contribution in [1.82, 2.24) is 9.97 Å². The van der Waals surface area contributed by atoms with Gasteiger partial charge in [-0.05, 0) is 24.1 Å². The summed E-state index contributed by atoms with van der Waals surface area (Å²) >= 11 is 7.65. The van der Waals surface area contributed by atoms with Crippen LogP contribution in [0.1, 0.15) is 12.8 Å². The van der Waals surface area contributed by atoms with E-state index in [1.807, 2.05) is 11.0 Å². The Morgan fingerprint density at radius 3 is 2.77 bits per heavy atom. The van der Waals surface area contributed by atoms with Gasteiger partial charge in [-0.3, -0.25) is 4.79 Å². The summed E-state index contributed by atoms with van der Waals surface area (Å²) in [5.41, 5.74) is 0.807. The molecule has 0 bridgehead atoms. The second kappa shape index (κ2) is 5.64. The van der Waals surface area contributed by atoms with Crippen molar-refractivity contribution in [2.75, 3.05) is 42.6 Å². The molecule has 0 saturated carbocycles. The smallest absolute Gasteiger partial charge is 0.227 e. The minimum Gasteiger partial charge on any atom is -0.378 e. The Hall–Kier alpha value is -1.44. The molecule has 2 aromatic rings. The molecule has 2 aromatic heterocycles. The predicted molar refractivity (Wildman–Crippen MR) is 87.0 cm³/mol. The topological polar surface area (TPSA) is 58.6 Å². The fourth-order valence-electron chi connectivity index (χ4n) is 2.88. The van der Waals surface area contributed by atoms with E-state index in [2.05, 4.69) is 14.9 Å². The molecule has 2 saturated heterocycles. The SMILES string of the molecule is O=C1CCCN1c1cc2nc(Cl)nc(N3CCOCC3)c2s1. The van der Waals surface area contributed by atoms with Gasteiger partial charge in [0.15, 0.2) is 5.82 Å². The van der Waals surface area contributed by atoms with Crippen molar-refractivity contribution in [2.24, 2.45) is 0 Å². The number of carbonyl (C=O) groups is 1. The molecule has 0 atom stereocenters. The maximum Gasteiger partial charge on any atom is 0.227 e. The number of anilines is 2. The molecule has 0 radical (unpaired) electrons. The highest BCUT2D eigenvalue weighted by Gasteiger charge is 2.25. The molecule has 0 N–H and O–H groups in total. The second-order valence-electron chi connectivity index (χ2n) is 5.36. The van der Waals surface area contributed by atoms with E-state index < -0.39 is 0 Å². The zero-order valence-corrected chi connectivity index (χ0v) is 13.5. The molecule has 1 amide bonds. The highest BCUT2D eigenvalue weighted by atomic mass is 35.5. The van der Waals surface area contributed by atoms with E-state index in [0.29, 0.717) is 19.6 Å². The van der Waals surface area contributed by atoms with E-state index in [1.54, 1.807) is 11.3 Å². The standard InChI is InChI=1S/C14H15ClN4O2S/c15-14-16-9-8-11(19-3-1-2-10(19)20)22-12(9)13(17-14)18-4-6-21-7-5-18/h8H,1-7H2. The van der Waals surface area contributed by atoms with Gasteiger partial charge >= 0.3 is 0 Å². The Kier molecular flexibility index (Phi) is 3.63. The molecule has 0 aromatic carbocycles. The predicted octanol–water partition coefficient (Wildman–Crippen LogP) is 2.31. The summed E-state index contributed by atoms with van der Waals surface area (Å²) in [5.74, 6) is 1.03. The molecule has 0 spiro atoms. The number of hydrogen-bond acceptors (Lipinski definition) is 6. The second-order valence-corrected chi connectivity index (χ2v) is 6.73. The molecule has 8 heteroatoms. The lowest BCUT2D eigenvalue weighted by Crippen LogP contribution is -2.36. The summed E-state index contributed by atoms with van der Waals surface area (Å²) in [6.45, 7) is 3.73. The first kappa shape index (κ1) is 14.2. The average Bonchev–Trinajstić information content (AvgIpc) is 3.12. The Labute approximate surface area is 136 Å². The quantitative estimate of drug-likeness (QED) is 0.786. The summed E-state index contributed by atoms with van der Waals surface area (Å²) < 4.78 is 6.38. The number of amides is 1. The molecule has 2 aliphatic heterocycles. The van der Waals surface area contributed by atoms with Gasteiger partial charge < -0.3 is 14.5 Å². The van der Waals surface area contributed by atoms with Crippen LogP contribution < -0.4 is 9.80 Å². The van der Waals surface area contributed by atoms with E-state index in [0.717, 1.165) is 47.1 Å². The number of hydrogen-bond donors (Lipinski definition) is 0. The Morgan fingerprint density at radius 1 is 1.23 bits per heavy atom. The van der Waals surface area contributed by atoms with Crippen molar-refractivity contribution >= 4 is 49.9 Å². The average molecular weight is 339 g/mol. The highest BCUT2D eigenvalue weighted by Crippen LogP contribution is 2.38. The van der Waals surface area contributed by atoms with E-state index in [-0.39, 0.29) is 11.2 Å². The van der Waals surface area contributed by atoms with Gasteiger partial charge in [0.05, 0.1) is 23.4 Å². The van der Waals surface area contributed by atoms with Crippen LogP contribution in [0.4, 0.5) is 10.8 Å². The molecular weight excluding hydrogens is 324 g/mol. The monoisotopic (exact) mass is 338 g/mol. The Morgan fingerprint density at radius 2 is 2.05 bits per heavy atom. The van der Waals surface area contributed by atoms with Crippen LogP contribution >= 0.6 is 22.9 Å². The van der Waals surface area contributed by atoms with Gasteiger partial charge in [0.2, 0.25) is 11.2 Å². The first-order valence-electron chi connectivity index (χ1n) is 7.32. The van der Waals surface area contributed by atoms with E-state index >= 15 is 0 Å². The van der Waals surface area contributed by atoms with Crippen molar-refractivity contribution in [3.05, 3.63) is 11.3 Å². The third kappa shape index (κ3) is 2.43. The van der Waals surface area contributed by atoms with Gasteiger partial charge in [-0.25, -0.2) is 4.98 Å². The number of rotatable bonds is 2. The van der Waals surface area contributed by atoms with Gasteiger partial charge in [-0.1, -0.05) is 0 Å². The summed E-state index contributed by atoms with van der Waals surface area (Å²) in [4.78, 5) is 24.7. The zero-order valence-electron chi connectivity index (χ0n) is 11.9. The van der Waals surface area contributed by atoms with Crippen LogP contribution in [-0.2, 0) is 9.53 Å². The first-order valence-corrected chi connectivity index (χ1v) is 8.52. The van der Waals surface area contributed by atoms with Crippen molar-refractivity contribution < 1.29 is 9.53 Å². The van der Waals surface area contributed by atoms with Gasteiger partial charge in [0.1, 0.15) is 5.00 Å². The van der Waals surface area contributed by atoms with Gasteiger partial charge in [-0.2, -0.15) is 4.98 Å². The van der Waals surface area contributed by atoms with Crippen LogP contribution in [0, 0.1) is 0 Å². The molecule has 2 fully saturated rings. The van der Waals surface area contributed by atoms with Gasteiger partial charge in [0, 0.05) is 26.1 Å². The molecule has 6 nitrogen and oxygen atoms in total. The molecule has 0 aliphatic carbocycles. The minimum absolute atomic E-state index is 0.179. The van der Waals surface area contributed by atoms with Crippen LogP contribution in [0.3, 0.4) is 0 Å². The molecule has 116 valence electrons. The van der Waals surface area contributed by atoms with Crippen LogP contribution in [0.25, 0.3) is 10.2 Å². The van der Waals surface area contributed by atoms with E-state index in [1.165, 1.54) is 0 Å². The first-order chi connectivity index (χ1) is 10.7. The van der Waals surface area contributed by atoms with Crippen molar-refractivity contribution in [1.29, 1.82) is 0 Å². The molecule has 22 heavy (non-hydrogen) atoms. The third-order valence-corrected chi connectivity index (χ3v) is 5.28. The van der Waals surface area contributed by atoms with E-state index in [4.69, 9.17) is 16.3 Å². The molecule has 0 unspecified atom stereocenters. The maximum absolute atomic E-state index is 11.9. The highest BCUT2D eigenvalue weighted by molar-refractivity contribution is 7.23. The molecule has 4 heterocycles. The summed E-state index contributed by atoms with van der Waals surface area (Å²) in [6, 6.07) is 1.95. The van der Waals surface area contributed by atoms with Crippen LogP contribution in [0.15, 0.2) is 6.07 Å². The number of nitrogens with zero attached hydrogens (tertiary/aromatic N) is 4.